The number of rotatable bonds is 9. The van der Waals surface area contributed by atoms with Crippen LogP contribution in [0.4, 0.5) is 0 Å². The molecular formula is C23H26N2O5. The highest BCUT2D eigenvalue weighted by atomic mass is 16.5. The molecule has 2 aromatic rings. The first-order valence-corrected chi connectivity index (χ1v) is 9.99. The molecule has 0 radical (unpaired) electrons. The molecule has 1 saturated heterocycles. The summed E-state index contributed by atoms with van der Waals surface area (Å²) in [7, 11) is 1.53. The fourth-order valence-corrected chi connectivity index (χ4v) is 3.39. The fraction of sp³-hybridized carbons (Fsp3) is 0.348. The second-order valence-corrected chi connectivity index (χ2v) is 6.99. The van der Waals surface area contributed by atoms with Gasteiger partial charge >= 0.3 is 0 Å². The van der Waals surface area contributed by atoms with Crippen molar-refractivity contribution in [3.63, 3.8) is 0 Å². The van der Waals surface area contributed by atoms with Crippen LogP contribution >= 0.6 is 0 Å². The van der Waals surface area contributed by atoms with Crippen LogP contribution in [0.5, 0.6) is 5.75 Å². The number of aromatic nitrogens is 1. The van der Waals surface area contributed by atoms with Crippen molar-refractivity contribution in [2.24, 2.45) is 0 Å². The fourth-order valence-electron chi connectivity index (χ4n) is 3.39. The molecule has 158 valence electrons. The smallest absolute Gasteiger partial charge is 0.295 e. The number of Topliss-reactive ketones (excluding diaryl/α,β-unsaturated/α-hetero) is 1. The minimum absolute atomic E-state index is 0.0574. The van der Waals surface area contributed by atoms with Gasteiger partial charge < -0.3 is 19.5 Å². The Hall–Kier alpha value is -3.19. The zero-order valence-electron chi connectivity index (χ0n) is 17.2. The minimum atomic E-state index is -0.714. The van der Waals surface area contributed by atoms with Gasteiger partial charge in [0.1, 0.15) is 11.5 Å². The first kappa shape index (κ1) is 21.5. The minimum Gasteiger partial charge on any atom is -0.507 e. The maximum atomic E-state index is 12.8. The summed E-state index contributed by atoms with van der Waals surface area (Å²) in [5, 5.41) is 11.0. The number of methoxy groups -OCH3 is 1. The highest BCUT2D eigenvalue weighted by Crippen LogP contribution is 2.39. The Balaban J connectivity index is 1.98. The van der Waals surface area contributed by atoms with Crippen LogP contribution < -0.4 is 4.74 Å². The van der Waals surface area contributed by atoms with Crippen molar-refractivity contribution in [3.05, 3.63) is 65.5 Å². The molecule has 7 heteroatoms. The average Bonchev–Trinajstić information content (AvgIpc) is 3.03. The molecule has 0 aliphatic carbocycles. The molecular weight excluding hydrogens is 384 g/mol. The number of pyridine rings is 1. The number of unbranched alkanes of at least 4 members (excludes halogenated alkanes) is 1. The van der Waals surface area contributed by atoms with E-state index in [-0.39, 0.29) is 24.5 Å². The Kier molecular flexibility index (Phi) is 7.19. The molecule has 0 spiro atoms. The number of ether oxygens (including phenoxy) is 2. The summed E-state index contributed by atoms with van der Waals surface area (Å²) in [4.78, 5) is 30.9. The lowest BCUT2D eigenvalue weighted by Gasteiger charge is -2.24. The van der Waals surface area contributed by atoms with Gasteiger partial charge in [0.25, 0.3) is 11.7 Å². The first-order chi connectivity index (χ1) is 14.6. The van der Waals surface area contributed by atoms with Gasteiger partial charge in [-0.1, -0.05) is 13.3 Å². The van der Waals surface area contributed by atoms with Crippen LogP contribution in [-0.4, -0.2) is 53.5 Å². The molecule has 2 heterocycles. The number of carbonyl (C=O) groups is 2. The topological polar surface area (TPSA) is 89.0 Å². The zero-order chi connectivity index (χ0) is 21.5. The summed E-state index contributed by atoms with van der Waals surface area (Å²) in [5.74, 6) is -0.898. The SMILES string of the molecule is CCCCOc1ccc(C(O)=C2C(=O)C(=O)N(CCOC)[C@H]2c2ccncc2)cc1. The summed E-state index contributed by atoms with van der Waals surface area (Å²) >= 11 is 0. The molecule has 1 amide bonds. The van der Waals surface area contributed by atoms with E-state index in [4.69, 9.17) is 9.47 Å². The Morgan fingerprint density at radius 2 is 1.80 bits per heavy atom. The molecule has 3 rings (SSSR count). The van der Waals surface area contributed by atoms with E-state index in [2.05, 4.69) is 11.9 Å². The second-order valence-electron chi connectivity index (χ2n) is 6.99. The number of ketones is 1. The van der Waals surface area contributed by atoms with Crippen molar-refractivity contribution >= 4 is 17.4 Å². The monoisotopic (exact) mass is 410 g/mol. The molecule has 1 N–H and O–H groups in total. The van der Waals surface area contributed by atoms with Crippen LogP contribution in [0.3, 0.4) is 0 Å². The molecule has 1 aromatic carbocycles. The number of amides is 1. The number of hydrogen-bond donors (Lipinski definition) is 1. The molecule has 0 unspecified atom stereocenters. The number of hydrogen-bond acceptors (Lipinski definition) is 6. The Morgan fingerprint density at radius 1 is 1.10 bits per heavy atom. The molecule has 30 heavy (non-hydrogen) atoms. The van der Waals surface area contributed by atoms with Crippen LogP contribution in [0.25, 0.3) is 5.76 Å². The molecule has 1 atom stereocenters. The van der Waals surface area contributed by atoms with Crippen LogP contribution in [0.1, 0.15) is 36.9 Å². The van der Waals surface area contributed by atoms with E-state index < -0.39 is 17.7 Å². The molecule has 0 bridgehead atoms. The van der Waals surface area contributed by atoms with Gasteiger partial charge in [-0.2, -0.15) is 0 Å². The number of aliphatic hydroxyl groups is 1. The second kappa shape index (κ2) is 10.0. The summed E-state index contributed by atoms with van der Waals surface area (Å²) < 4.78 is 10.7. The van der Waals surface area contributed by atoms with Gasteiger partial charge in [0.05, 0.1) is 24.8 Å². The molecule has 1 aromatic heterocycles. The van der Waals surface area contributed by atoms with E-state index in [1.807, 2.05) is 0 Å². The first-order valence-electron chi connectivity index (χ1n) is 9.99. The normalized spacial score (nSPS) is 18.1. The largest absolute Gasteiger partial charge is 0.507 e. The summed E-state index contributed by atoms with van der Waals surface area (Å²) in [6.45, 7) is 3.22. The van der Waals surface area contributed by atoms with Crippen LogP contribution in [-0.2, 0) is 14.3 Å². The van der Waals surface area contributed by atoms with Crippen LogP contribution in [0.2, 0.25) is 0 Å². The summed E-state index contributed by atoms with van der Waals surface area (Å²) in [5.41, 5.74) is 1.20. The Labute approximate surface area is 175 Å². The quantitative estimate of drug-likeness (QED) is 0.295. The standard InChI is InChI=1S/C23H26N2O5/c1-3-4-14-30-18-7-5-17(6-8-18)21(26)19-20(16-9-11-24-12-10-16)25(13-15-29-2)23(28)22(19)27/h5-12,20,26H,3-4,13-15H2,1-2H3/t20-/m0/s1. The summed E-state index contributed by atoms with van der Waals surface area (Å²) in [6, 6.07) is 9.61. The number of aliphatic hydroxyl groups excluding tert-OH is 1. The third-order valence-corrected chi connectivity index (χ3v) is 4.99. The third kappa shape index (κ3) is 4.52. The van der Waals surface area contributed by atoms with Crippen molar-refractivity contribution in [1.82, 2.24) is 9.88 Å². The van der Waals surface area contributed by atoms with E-state index in [1.54, 1.807) is 48.8 Å². The number of carbonyl (C=O) groups excluding carboxylic acids is 2. The van der Waals surface area contributed by atoms with Crippen LogP contribution in [0, 0.1) is 0 Å². The van der Waals surface area contributed by atoms with Gasteiger partial charge in [0.15, 0.2) is 0 Å². The van der Waals surface area contributed by atoms with Crippen molar-refractivity contribution in [2.45, 2.75) is 25.8 Å². The van der Waals surface area contributed by atoms with Crippen molar-refractivity contribution in [2.75, 3.05) is 26.9 Å². The van der Waals surface area contributed by atoms with Gasteiger partial charge in [-0.3, -0.25) is 14.6 Å². The number of likely N-dealkylation sites (tertiary alicyclic amines) is 1. The molecule has 7 nitrogen and oxygen atoms in total. The van der Waals surface area contributed by atoms with E-state index in [1.165, 1.54) is 12.0 Å². The average molecular weight is 410 g/mol. The molecule has 1 fully saturated rings. The highest BCUT2D eigenvalue weighted by molar-refractivity contribution is 6.46. The van der Waals surface area contributed by atoms with Gasteiger partial charge in [0, 0.05) is 31.6 Å². The molecule has 1 aliphatic rings. The van der Waals surface area contributed by atoms with E-state index >= 15 is 0 Å². The van der Waals surface area contributed by atoms with Gasteiger partial charge in [-0.05, 0) is 48.4 Å². The lowest BCUT2D eigenvalue weighted by Crippen LogP contribution is -2.32. The van der Waals surface area contributed by atoms with Gasteiger partial charge in [-0.15, -0.1) is 0 Å². The third-order valence-electron chi connectivity index (χ3n) is 4.99. The maximum Gasteiger partial charge on any atom is 0.295 e. The zero-order valence-corrected chi connectivity index (χ0v) is 17.2. The Morgan fingerprint density at radius 3 is 2.43 bits per heavy atom. The van der Waals surface area contributed by atoms with E-state index in [0.717, 1.165) is 12.8 Å². The van der Waals surface area contributed by atoms with E-state index in [0.29, 0.717) is 23.5 Å². The van der Waals surface area contributed by atoms with Crippen LogP contribution in [0.15, 0.2) is 54.4 Å². The maximum absolute atomic E-state index is 12.8. The predicted octanol–water partition coefficient (Wildman–Crippen LogP) is 3.33. The molecule has 0 saturated carbocycles. The highest BCUT2D eigenvalue weighted by Gasteiger charge is 2.45. The van der Waals surface area contributed by atoms with Gasteiger partial charge in [-0.25, -0.2) is 0 Å². The van der Waals surface area contributed by atoms with Gasteiger partial charge in [0.2, 0.25) is 0 Å². The Bertz CT molecular complexity index is 909. The lowest BCUT2D eigenvalue weighted by molar-refractivity contribution is -0.140. The van der Waals surface area contributed by atoms with Crippen molar-refractivity contribution in [1.29, 1.82) is 0 Å². The van der Waals surface area contributed by atoms with Crippen molar-refractivity contribution in [3.8, 4) is 5.75 Å². The number of nitrogens with zero attached hydrogens (tertiary/aromatic N) is 2. The van der Waals surface area contributed by atoms with Crippen molar-refractivity contribution < 1.29 is 24.2 Å². The molecule has 1 aliphatic heterocycles. The van der Waals surface area contributed by atoms with E-state index in [9.17, 15) is 14.7 Å². The predicted molar refractivity (Wildman–Crippen MR) is 112 cm³/mol. The summed E-state index contributed by atoms with van der Waals surface area (Å²) in [6.07, 6.45) is 5.18. The lowest BCUT2D eigenvalue weighted by atomic mass is 9.96. The number of benzene rings is 1.